The molecule has 2 aromatic carbocycles. The normalized spacial score (nSPS) is 13.1. The van der Waals surface area contributed by atoms with Crippen molar-refractivity contribution in [1.82, 2.24) is 0 Å². The van der Waals surface area contributed by atoms with E-state index in [4.69, 9.17) is 16.7 Å². The predicted octanol–water partition coefficient (Wildman–Crippen LogP) is 4.48. The van der Waals surface area contributed by atoms with Gasteiger partial charge in [-0.05, 0) is 35.4 Å². The number of carboxylic acids is 1. The van der Waals surface area contributed by atoms with Gasteiger partial charge in [-0.15, -0.1) is 0 Å². The number of rotatable bonds is 5. The van der Waals surface area contributed by atoms with Gasteiger partial charge in [-0.3, -0.25) is 4.79 Å². The van der Waals surface area contributed by atoms with Crippen molar-refractivity contribution in [1.29, 1.82) is 5.26 Å². The molecule has 2 unspecified atom stereocenters. The molecule has 0 aliphatic carbocycles. The molecule has 2 aromatic rings. The van der Waals surface area contributed by atoms with E-state index in [1.54, 1.807) is 24.3 Å². The second-order valence-corrected chi connectivity index (χ2v) is 5.47. The van der Waals surface area contributed by atoms with Crippen molar-refractivity contribution in [2.24, 2.45) is 0 Å². The average Bonchev–Trinajstić information content (AvgIpc) is 2.51. The van der Waals surface area contributed by atoms with Gasteiger partial charge in [0, 0.05) is 10.9 Å². The molecule has 0 radical (unpaired) electrons. The van der Waals surface area contributed by atoms with E-state index in [0.29, 0.717) is 10.6 Å². The molecule has 2 atom stereocenters. The first-order valence-electron chi connectivity index (χ1n) is 6.74. The number of carboxylic acid groups (broad SMARTS) is 1. The first-order chi connectivity index (χ1) is 10.9. The van der Waals surface area contributed by atoms with Crippen molar-refractivity contribution in [2.75, 3.05) is 0 Å². The number of aliphatic carboxylic acids is 1. The molecule has 2 rings (SSSR count). The van der Waals surface area contributed by atoms with Crippen LogP contribution >= 0.6 is 11.6 Å². The quantitative estimate of drug-likeness (QED) is 0.876. The van der Waals surface area contributed by atoms with Crippen LogP contribution in [0, 0.1) is 23.0 Å². The third-order valence-electron chi connectivity index (χ3n) is 3.54. The van der Waals surface area contributed by atoms with Gasteiger partial charge in [0.2, 0.25) is 0 Å². The molecular weight excluding hydrogens is 324 g/mol. The van der Waals surface area contributed by atoms with E-state index < -0.39 is 29.4 Å². The number of benzene rings is 2. The lowest BCUT2D eigenvalue weighted by atomic mass is 9.80. The van der Waals surface area contributed by atoms with Crippen LogP contribution in [0.4, 0.5) is 8.78 Å². The topological polar surface area (TPSA) is 61.1 Å². The van der Waals surface area contributed by atoms with Gasteiger partial charge in [-0.2, -0.15) is 5.26 Å². The van der Waals surface area contributed by atoms with Crippen molar-refractivity contribution < 1.29 is 18.7 Å². The van der Waals surface area contributed by atoms with Crippen LogP contribution in [0.5, 0.6) is 0 Å². The average molecular weight is 336 g/mol. The lowest BCUT2D eigenvalue weighted by Crippen LogP contribution is -2.15. The Morgan fingerprint density at radius 1 is 1.13 bits per heavy atom. The highest BCUT2D eigenvalue weighted by Crippen LogP contribution is 2.36. The lowest BCUT2D eigenvalue weighted by molar-refractivity contribution is -0.137. The van der Waals surface area contributed by atoms with E-state index in [0.717, 1.165) is 12.1 Å². The SMILES string of the molecule is N#CC(c1ccc(F)c(F)c1)C(CC(=O)O)c1ccc(Cl)cc1. The van der Waals surface area contributed by atoms with Crippen LogP contribution in [-0.4, -0.2) is 11.1 Å². The molecule has 0 amide bonds. The number of halogens is 3. The Morgan fingerprint density at radius 3 is 2.26 bits per heavy atom. The highest BCUT2D eigenvalue weighted by Gasteiger charge is 2.28. The fourth-order valence-corrected chi connectivity index (χ4v) is 2.55. The van der Waals surface area contributed by atoms with E-state index in [1.165, 1.54) is 6.07 Å². The second-order valence-electron chi connectivity index (χ2n) is 5.04. The summed E-state index contributed by atoms with van der Waals surface area (Å²) in [4.78, 5) is 11.2. The fourth-order valence-electron chi connectivity index (χ4n) is 2.43. The number of hydrogen-bond acceptors (Lipinski definition) is 2. The Labute approximate surface area is 136 Å². The summed E-state index contributed by atoms with van der Waals surface area (Å²) >= 11 is 5.82. The second kappa shape index (κ2) is 7.21. The monoisotopic (exact) mass is 335 g/mol. The molecule has 23 heavy (non-hydrogen) atoms. The van der Waals surface area contributed by atoms with Gasteiger partial charge in [0.05, 0.1) is 18.4 Å². The largest absolute Gasteiger partial charge is 0.481 e. The third-order valence-corrected chi connectivity index (χ3v) is 3.79. The summed E-state index contributed by atoms with van der Waals surface area (Å²) in [6.07, 6.45) is -0.321. The maximum Gasteiger partial charge on any atom is 0.304 e. The van der Waals surface area contributed by atoms with Gasteiger partial charge in [-0.1, -0.05) is 29.8 Å². The van der Waals surface area contributed by atoms with Crippen molar-refractivity contribution in [3.63, 3.8) is 0 Å². The molecule has 0 aromatic heterocycles. The molecule has 0 fully saturated rings. The summed E-state index contributed by atoms with van der Waals surface area (Å²) in [5.41, 5.74) is 0.820. The number of carbonyl (C=O) groups is 1. The molecule has 1 N–H and O–H groups in total. The summed E-state index contributed by atoms with van der Waals surface area (Å²) in [5.74, 6) is -4.82. The molecule has 0 heterocycles. The van der Waals surface area contributed by atoms with E-state index in [9.17, 15) is 18.8 Å². The van der Waals surface area contributed by atoms with Gasteiger partial charge in [0.1, 0.15) is 0 Å². The van der Waals surface area contributed by atoms with Crippen molar-refractivity contribution in [2.45, 2.75) is 18.3 Å². The zero-order valence-electron chi connectivity index (χ0n) is 11.8. The molecule has 0 aliphatic heterocycles. The van der Waals surface area contributed by atoms with Crippen LogP contribution < -0.4 is 0 Å². The zero-order valence-corrected chi connectivity index (χ0v) is 12.6. The first kappa shape index (κ1) is 16.9. The van der Waals surface area contributed by atoms with Crippen LogP contribution in [0.3, 0.4) is 0 Å². The number of hydrogen-bond donors (Lipinski definition) is 1. The Morgan fingerprint density at radius 2 is 1.74 bits per heavy atom. The van der Waals surface area contributed by atoms with E-state index in [2.05, 4.69) is 0 Å². The predicted molar refractivity (Wildman–Crippen MR) is 81.2 cm³/mol. The lowest BCUT2D eigenvalue weighted by Gasteiger charge is -2.21. The maximum atomic E-state index is 13.4. The van der Waals surface area contributed by atoms with Gasteiger partial charge in [-0.25, -0.2) is 8.78 Å². The molecule has 0 saturated carbocycles. The Bertz CT molecular complexity index is 756. The van der Waals surface area contributed by atoms with E-state index in [-0.39, 0.29) is 12.0 Å². The highest BCUT2D eigenvalue weighted by atomic mass is 35.5. The minimum atomic E-state index is -1.09. The minimum Gasteiger partial charge on any atom is -0.481 e. The Kier molecular flexibility index (Phi) is 5.30. The van der Waals surface area contributed by atoms with Crippen molar-refractivity contribution in [3.8, 4) is 6.07 Å². The Hall–Kier alpha value is -2.45. The zero-order chi connectivity index (χ0) is 17.0. The summed E-state index contributed by atoms with van der Waals surface area (Å²) in [6, 6.07) is 11.6. The summed E-state index contributed by atoms with van der Waals surface area (Å²) in [6.45, 7) is 0. The van der Waals surface area contributed by atoms with Crippen LogP contribution in [-0.2, 0) is 4.79 Å². The third kappa shape index (κ3) is 4.05. The van der Waals surface area contributed by atoms with E-state index in [1.807, 2.05) is 6.07 Å². The molecule has 118 valence electrons. The smallest absolute Gasteiger partial charge is 0.304 e. The molecule has 0 aliphatic rings. The first-order valence-corrected chi connectivity index (χ1v) is 7.12. The standard InChI is InChI=1S/C17H12ClF2NO2/c18-12-4-1-10(2-5-12)13(8-17(22)23)14(9-21)11-3-6-15(19)16(20)7-11/h1-7,13-14H,8H2,(H,22,23). The summed E-state index contributed by atoms with van der Waals surface area (Å²) in [7, 11) is 0. The number of nitrogens with zero attached hydrogens (tertiary/aromatic N) is 1. The van der Waals surface area contributed by atoms with E-state index >= 15 is 0 Å². The van der Waals surface area contributed by atoms with Crippen molar-refractivity contribution >= 4 is 17.6 Å². The molecule has 0 saturated heterocycles. The van der Waals surface area contributed by atoms with Crippen molar-refractivity contribution in [3.05, 3.63) is 70.2 Å². The maximum absolute atomic E-state index is 13.4. The molecular formula is C17H12ClF2NO2. The molecule has 0 spiro atoms. The fraction of sp³-hybridized carbons (Fsp3) is 0.176. The summed E-state index contributed by atoms with van der Waals surface area (Å²) < 4.78 is 26.5. The van der Waals surface area contributed by atoms with Gasteiger partial charge >= 0.3 is 5.97 Å². The van der Waals surface area contributed by atoms with Gasteiger partial charge < -0.3 is 5.11 Å². The van der Waals surface area contributed by atoms with Gasteiger partial charge in [0.25, 0.3) is 0 Å². The molecule has 0 bridgehead atoms. The number of nitriles is 1. The van der Waals surface area contributed by atoms with Crippen LogP contribution in [0.2, 0.25) is 5.02 Å². The minimum absolute atomic E-state index is 0.229. The van der Waals surface area contributed by atoms with Crippen LogP contribution in [0.15, 0.2) is 42.5 Å². The van der Waals surface area contributed by atoms with Crippen LogP contribution in [0.1, 0.15) is 29.4 Å². The van der Waals surface area contributed by atoms with Gasteiger partial charge in [0.15, 0.2) is 11.6 Å². The Balaban J connectivity index is 2.46. The molecule has 3 nitrogen and oxygen atoms in total. The molecule has 6 heteroatoms. The summed E-state index contributed by atoms with van der Waals surface area (Å²) in [5, 5.41) is 19.1. The highest BCUT2D eigenvalue weighted by molar-refractivity contribution is 6.30. The van der Waals surface area contributed by atoms with Crippen LogP contribution in [0.25, 0.3) is 0 Å².